The SMILES string of the molecule is CCn1nc(C(=O)Nc2cccc(S(=O)(=O)N3CCCCC3)c2)c2ccccc2c1=O. The van der Waals surface area contributed by atoms with Gasteiger partial charge in [-0.25, -0.2) is 13.1 Å². The molecule has 0 saturated carbocycles. The molecule has 31 heavy (non-hydrogen) atoms. The largest absolute Gasteiger partial charge is 0.321 e. The Balaban J connectivity index is 1.67. The molecule has 2 aromatic carbocycles. The molecule has 9 heteroatoms. The molecule has 3 aromatic rings. The summed E-state index contributed by atoms with van der Waals surface area (Å²) in [7, 11) is -3.61. The van der Waals surface area contributed by atoms with Crippen molar-refractivity contribution in [1.29, 1.82) is 0 Å². The van der Waals surface area contributed by atoms with Gasteiger partial charge < -0.3 is 5.32 Å². The van der Waals surface area contributed by atoms with E-state index in [1.807, 2.05) is 0 Å². The zero-order valence-electron chi connectivity index (χ0n) is 17.2. The van der Waals surface area contributed by atoms with E-state index in [1.165, 1.54) is 21.1 Å². The number of carbonyl (C=O) groups excluding carboxylic acids is 1. The van der Waals surface area contributed by atoms with Crippen molar-refractivity contribution in [3.05, 3.63) is 64.6 Å². The first kappa shape index (κ1) is 21.2. The number of nitrogens with one attached hydrogen (secondary N) is 1. The minimum Gasteiger partial charge on any atom is -0.321 e. The lowest BCUT2D eigenvalue weighted by Gasteiger charge is -2.26. The van der Waals surface area contributed by atoms with Crippen molar-refractivity contribution in [1.82, 2.24) is 14.1 Å². The van der Waals surface area contributed by atoms with E-state index in [2.05, 4.69) is 10.4 Å². The highest BCUT2D eigenvalue weighted by atomic mass is 32.2. The predicted octanol–water partition coefficient (Wildman–Crippen LogP) is 2.84. The van der Waals surface area contributed by atoms with E-state index in [9.17, 15) is 18.0 Å². The molecule has 0 bridgehead atoms. The van der Waals surface area contributed by atoms with Crippen molar-refractivity contribution in [2.75, 3.05) is 18.4 Å². The van der Waals surface area contributed by atoms with E-state index >= 15 is 0 Å². The molecule has 0 unspecified atom stereocenters. The van der Waals surface area contributed by atoms with Crippen LogP contribution in [0, 0.1) is 0 Å². The van der Waals surface area contributed by atoms with Gasteiger partial charge in [-0.3, -0.25) is 9.59 Å². The van der Waals surface area contributed by atoms with E-state index in [0.29, 0.717) is 36.1 Å². The number of benzene rings is 2. The first-order valence-electron chi connectivity index (χ1n) is 10.3. The van der Waals surface area contributed by atoms with Gasteiger partial charge in [0.05, 0.1) is 10.3 Å². The minimum absolute atomic E-state index is 0.112. The smallest absolute Gasteiger partial charge is 0.276 e. The number of nitrogens with zero attached hydrogens (tertiary/aromatic N) is 3. The van der Waals surface area contributed by atoms with E-state index < -0.39 is 15.9 Å². The summed E-state index contributed by atoms with van der Waals surface area (Å²) < 4.78 is 28.6. The molecule has 8 nitrogen and oxygen atoms in total. The quantitative estimate of drug-likeness (QED) is 0.657. The van der Waals surface area contributed by atoms with Crippen LogP contribution in [0.4, 0.5) is 5.69 Å². The number of carbonyl (C=O) groups is 1. The molecule has 4 rings (SSSR count). The van der Waals surface area contributed by atoms with Crippen LogP contribution in [-0.4, -0.2) is 41.5 Å². The van der Waals surface area contributed by atoms with Crippen LogP contribution in [0.25, 0.3) is 10.8 Å². The third-order valence-electron chi connectivity index (χ3n) is 5.43. The molecule has 1 aliphatic rings. The summed E-state index contributed by atoms with van der Waals surface area (Å²) in [5, 5.41) is 7.82. The van der Waals surface area contributed by atoms with Crippen molar-refractivity contribution >= 4 is 32.4 Å². The predicted molar refractivity (Wildman–Crippen MR) is 119 cm³/mol. The second-order valence-corrected chi connectivity index (χ2v) is 9.40. The van der Waals surface area contributed by atoms with Gasteiger partial charge in [-0.2, -0.15) is 9.40 Å². The Kier molecular flexibility index (Phi) is 5.88. The van der Waals surface area contributed by atoms with Crippen molar-refractivity contribution in [3.8, 4) is 0 Å². The fraction of sp³-hybridized carbons (Fsp3) is 0.318. The number of aryl methyl sites for hydroxylation is 1. The van der Waals surface area contributed by atoms with Crippen LogP contribution < -0.4 is 10.9 Å². The Morgan fingerprint density at radius 3 is 2.45 bits per heavy atom. The number of anilines is 1. The van der Waals surface area contributed by atoms with E-state index in [0.717, 1.165) is 19.3 Å². The van der Waals surface area contributed by atoms with Crippen molar-refractivity contribution < 1.29 is 13.2 Å². The Labute approximate surface area is 180 Å². The number of amides is 1. The van der Waals surface area contributed by atoms with Gasteiger partial charge in [0.2, 0.25) is 10.0 Å². The van der Waals surface area contributed by atoms with Crippen molar-refractivity contribution in [3.63, 3.8) is 0 Å². The van der Waals surface area contributed by atoms with Gasteiger partial charge in [0.1, 0.15) is 0 Å². The van der Waals surface area contributed by atoms with Crippen LogP contribution in [0.5, 0.6) is 0 Å². The number of piperidine rings is 1. The monoisotopic (exact) mass is 440 g/mol. The number of fused-ring (bicyclic) bond motifs is 1. The van der Waals surface area contributed by atoms with Gasteiger partial charge in [0.15, 0.2) is 5.69 Å². The molecule has 0 atom stereocenters. The Morgan fingerprint density at radius 1 is 1.03 bits per heavy atom. The summed E-state index contributed by atoms with van der Waals surface area (Å²) in [5.74, 6) is -0.508. The van der Waals surface area contributed by atoms with Gasteiger partial charge in [-0.1, -0.05) is 30.7 Å². The number of rotatable bonds is 5. The summed E-state index contributed by atoms with van der Waals surface area (Å²) >= 11 is 0. The fourth-order valence-electron chi connectivity index (χ4n) is 3.80. The van der Waals surface area contributed by atoms with E-state index in [1.54, 1.807) is 43.3 Å². The number of hydrogen-bond acceptors (Lipinski definition) is 5. The Morgan fingerprint density at radius 2 is 1.74 bits per heavy atom. The maximum atomic E-state index is 13.0. The average Bonchev–Trinajstić information content (AvgIpc) is 2.80. The van der Waals surface area contributed by atoms with Gasteiger partial charge in [-0.15, -0.1) is 0 Å². The standard InChI is InChI=1S/C22H24N4O4S/c1-2-26-22(28)19-12-5-4-11-18(19)20(24-26)21(27)23-16-9-8-10-17(15-16)31(29,30)25-13-6-3-7-14-25/h4-5,8-12,15H,2-3,6-7,13-14H2,1H3,(H,23,27). The summed E-state index contributed by atoms with van der Waals surface area (Å²) in [5.41, 5.74) is 0.203. The highest BCUT2D eigenvalue weighted by Gasteiger charge is 2.26. The maximum Gasteiger partial charge on any atom is 0.276 e. The van der Waals surface area contributed by atoms with Gasteiger partial charge in [0, 0.05) is 30.7 Å². The van der Waals surface area contributed by atoms with Crippen LogP contribution in [0.2, 0.25) is 0 Å². The molecular weight excluding hydrogens is 416 g/mol. The molecule has 1 amide bonds. The number of aromatic nitrogens is 2. The number of sulfonamides is 1. The van der Waals surface area contributed by atoms with Gasteiger partial charge in [-0.05, 0) is 44.0 Å². The molecule has 162 valence electrons. The number of hydrogen-bond donors (Lipinski definition) is 1. The van der Waals surface area contributed by atoms with Crippen LogP contribution >= 0.6 is 0 Å². The summed E-state index contributed by atoms with van der Waals surface area (Å²) in [6, 6.07) is 13.0. The molecule has 0 aliphatic carbocycles. The van der Waals surface area contributed by atoms with Crippen LogP contribution in [0.3, 0.4) is 0 Å². The maximum absolute atomic E-state index is 13.0. The minimum atomic E-state index is -3.61. The third kappa shape index (κ3) is 4.11. The molecule has 1 saturated heterocycles. The van der Waals surface area contributed by atoms with Crippen molar-refractivity contribution in [2.45, 2.75) is 37.6 Å². The normalized spacial score (nSPS) is 15.1. The molecule has 1 aromatic heterocycles. The van der Waals surface area contributed by atoms with Crippen LogP contribution in [0.15, 0.2) is 58.2 Å². The molecular formula is C22H24N4O4S. The van der Waals surface area contributed by atoms with Gasteiger partial charge >= 0.3 is 0 Å². The first-order valence-corrected chi connectivity index (χ1v) is 11.8. The fourth-order valence-corrected chi connectivity index (χ4v) is 5.36. The van der Waals surface area contributed by atoms with Crippen LogP contribution in [-0.2, 0) is 16.6 Å². The lowest BCUT2D eigenvalue weighted by molar-refractivity contribution is 0.102. The second kappa shape index (κ2) is 8.60. The molecule has 2 heterocycles. The zero-order valence-corrected chi connectivity index (χ0v) is 18.1. The van der Waals surface area contributed by atoms with Crippen molar-refractivity contribution in [2.24, 2.45) is 0 Å². The molecule has 1 aliphatic heterocycles. The lowest BCUT2D eigenvalue weighted by atomic mass is 10.1. The topological polar surface area (TPSA) is 101 Å². The van der Waals surface area contributed by atoms with Gasteiger partial charge in [0.25, 0.3) is 11.5 Å². The Bertz CT molecular complexity index is 1290. The molecule has 1 N–H and O–H groups in total. The highest BCUT2D eigenvalue weighted by Crippen LogP contribution is 2.23. The Hall–Kier alpha value is -3.04. The summed E-state index contributed by atoms with van der Waals surface area (Å²) in [6.45, 7) is 3.12. The van der Waals surface area contributed by atoms with E-state index in [4.69, 9.17) is 0 Å². The first-order chi connectivity index (χ1) is 14.9. The summed E-state index contributed by atoms with van der Waals surface area (Å²) in [4.78, 5) is 25.7. The zero-order chi connectivity index (χ0) is 22.0. The lowest BCUT2D eigenvalue weighted by Crippen LogP contribution is -2.35. The average molecular weight is 441 g/mol. The molecule has 1 fully saturated rings. The third-order valence-corrected chi connectivity index (χ3v) is 7.32. The second-order valence-electron chi connectivity index (χ2n) is 7.46. The highest BCUT2D eigenvalue weighted by molar-refractivity contribution is 7.89. The summed E-state index contributed by atoms with van der Waals surface area (Å²) in [6.07, 6.45) is 2.73. The van der Waals surface area contributed by atoms with Crippen LogP contribution in [0.1, 0.15) is 36.7 Å². The molecule has 0 spiro atoms. The van der Waals surface area contributed by atoms with E-state index in [-0.39, 0.29) is 16.1 Å². The molecule has 0 radical (unpaired) electrons.